The summed E-state index contributed by atoms with van der Waals surface area (Å²) in [5, 5.41) is 4.36. The van der Waals surface area contributed by atoms with E-state index in [0.29, 0.717) is 0 Å². The number of nitrogens with zero attached hydrogens (tertiary/aromatic N) is 2. The number of aldehydes is 1. The zero-order valence-corrected chi connectivity index (χ0v) is 9.16. The van der Waals surface area contributed by atoms with Gasteiger partial charge in [-0.2, -0.15) is 5.10 Å². The Balaban J connectivity index is 2.61. The lowest BCUT2D eigenvalue weighted by Gasteiger charge is -2.05. The minimum Gasteiger partial charge on any atom is -0.303 e. The highest BCUT2D eigenvalue weighted by molar-refractivity contribution is 5.52. The largest absolute Gasteiger partial charge is 0.303 e. The number of hydrogen-bond donors (Lipinski definition) is 0. The van der Waals surface area contributed by atoms with Crippen LogP contribution in [-0.4, -0.2) is 16.1 Å². The van der Waals surface area contributed by atoms with Crippen LogP contribution < -0.4 is 0 Å². The predicted molar refractivity (Wildman–Crippen MR) is 56.2 cm³/mol. The van der Waals surface area contributed by atoms with E-state index in [1.165, 1.54) is 5.69 Å². The summed E-state index contributed by atoms with van der Waals surface area (Å²) in [6.45, 7) is 6.93. The monoisotopic (exact) mass is 194 g/mol. The Hall–Kier alpha value is -1.12. The maximum Gasteiger partial charge on any atom is 0.122 e. The molecule has 0 fully saturated rings. The first kappa shape index (κ1) is 11.0. The molecule has 1 unspecified atom stereocenters. The summed E-state index contributed by atoms with van der Waals surface area (Å²) >= 11 is 0. The number of hydrogen-bond acceptors (Lipinski definition) is 2. The number of aromatic nitrogens is 2. The van der Waals surface area contributed by atoms with Gasteiger partial charge in [-0.05, 0) is 32.8 Å². The van der Waals surface area contributed by atoms with Crippen molar-refractivity contribution in [2.24, 2.45) is 5.92 Å². The zero-order chi connectivity index (χ0) is 10.6. The van der Waals surface area contributed by atoms with Gasteiger partial charge in [0, 0.05) is 18.2 Å². The molecule has 0 N–H and O–H groups in total. The van der Waals surface area contributed by atoms with Crippen molar-refractivity contribution < 1.29 is 4.79 Å². The summed E-state index contributed by atoms with van der Waals surface area (Å²) in [5.74, 6) is 0.149. The summed E-state index contributed by atoms with van der Waals surface area (Å²) in [6.07, 6.45) is 2.86. The van der Waals surface area contributed by atoms with E-state index in [1.807, 2.05) is 18.5 Å². The van der Waals surface area contributed by atoms with E-state index in [0.717, 1.165) is 31.4 Å². The molecule has 3 nitrogen and oxygen atoms in total. The standard InChI is InChI=1S/C11H18N2O/c1-4-13-11(7-10(3)12-13)6-5-9(2)8-14/h7-9H,4-6H2,1-3H3. The van der Waals surface area contributed by atoms with Gasteiger partial charge in [-0.1, -0.05) is 6.92 Å². The van der Waals surface area contributed by atoms with E-state index in [4.69, 9.17) is 0 Å². The minimum atomic E-state index is 0.149. The summed E-state index contributed by atoms with van der Waals surface area (Å²) in [6, 6.07) is 2.10. The van der Waals surface area contributed by atoms with Crippen LogP contribution in [0.5, 0.6) is 0 Å². The van der Waals surface area contributed by atoms with Crippen LogP contribution in [-0.2, 0) is 17.8 Å². The Labute approximate surface area is 85.1 Å². The van der Waals surface area contributed by atoms with Crippen LogP contribution in [0.4, 0.5) is 0 Å². The Morgan fingerprint density at radius 1 is 1.64 bits per heavy atom. The molecule has 1 aromatic heterocycles. The van der Waals surface area contributed by atoms with Crippen LogP contribution >= 0.6 is 0 Å². The van der Waals surface area contributed by atoms with Crippen molar-refractivity contribution in [3.63, 3.8) is 0 Å². The lowest BCUT2D eigenvalue weighted by atomic mass is 10.1. The Bertz CT molecular complexity index is 304. The van der Waals surface area contributed by atoms with Gasteiger partial charge >= 0.3 is 0 Å². The number of carbonyl (C=O) groups is 1. The quantitative estimate of drug-likeness (QED) is 0.672. The first-order valence-electron chi connectivity index (χ1n) is 5.16. The third-order valence-electron chi connectivity index (χ3n) is 2.37. The van der Waals surface area contributed by atoms with Crippen molar-refractivity contribution >= 4 is 6.29 Å². The van der Waals surface area contributed by atoms with E-state index in [9.17, 15) is 4.79 Å². The molecule has 1 atom stereocenters. The van der Waals surface area contributed by atoms with E-state index < -0.39 is 0 Å². The Kier molecular flexibility index (Phi) is 3.86. The molecular weight excluding hydrogens is 176 g/mol. The highest BCUT2D eigenvalue weighted by Crippen LogP contribution is 2.09. The molecule has 1 rings (SSSR count). The van der Waals surface area contributed by atoms with E-state index in [2.05, 4.69) is 18.1 Å². The normalized spacial score (nSPS) is 12.8. The predicted octanol–water partition coefficient (Wildman–Crippen LogP) is 1.98. The highest BCUT2D eigenvalue weighted by Gasteiger charge is 2.06. The molecule has 0 aromatic carbocycles. The smallest absolute Gasteiger partial charge is 0.122 e. The van der Waals surface area contributed by atoms with E-state index in [1.54, 1.807) is 0 Å². The summed E-state index contributed by atoms with van der Waals surface area (Å²) < 4.78 is 2.01. The minimum absolute atomic E-state index is 0.149. The van der Waals surface area contributed by atoms with Gasteiger partial charge in [-0.3, -0.25) is 4.68 Å². The van der Waals surface area contributed by atoms with Crippen LogP contribution in [0.25, 0.3) is 0 Å². The highest BCUT2D eigenvalue weighted by atomic mass is 16.1. The summed E-state index contributed by atoms with van der Waals surface area (Å²) in [5.41, 5.74) is 2.29. The average molecular weight is 194 g/mol. The third-order valence-corrected chi connectivity index (χ3v) is 2.37. The first-order valence-corrected chi connectivity index (χ1v) is 5.16. The second kappa shape index (κ2) is 4.94. The van der Waals surface area contributed by atoms with Crippen molar-refractivity contribution in [1.29, 1.82) is 0 Å². The van der Waals surface area contributed by atoms with Crippen LogP contribution in [0.15, 0.2) is 6.07 Å². The molecule has 0 aliphatic heterocycles. The van der Waals surface area contributed by atoms with Gasteiger partial charge in [0.1, 0.15) is 6.29 Å². The molecular formula is C11H18N2O. The van der Waals surface area contributed by atoms with E-state index in [-0.39, 0.29) is 5.92 Å². The maximum absolute atomic E-state index is 10.5. The molecule has 0 aliphatic rings. The van der Waals surface area contributed by atoms with Gasteiger partial charge in [0.05, 0.1) is 5.69 Å². The van der Waals surface area contributed by atoms with Gasteiger partial charge in [0.25, 0.3) is 0 Å². The van der Waals surface area contributed by atoms with Gasteiger partial charge < -0.3 is 4.79 Å². The van der Waals surface area contributed by atoms with Crippen molar-refractivity contribution in [1.82, 2.24) is 9.78 Å². The Morgan fingerprint density at radius 2 is 2.36 bits per heavy atom. The number of rotatable bonds is 5. The fourth-order valence-electron chi connectivity index (χ4n) is 1.52. The van der Waals surface area contributed by atoms with Crippen LogP contribution in [0.2, 0.25) is 0 Å². The molecule has 0 radical (unpaired) electrons. The third kappa shape index (κ3) is 2.69. The molecule has 0 aliphatic carbocycles. The number of carbonyl (C=O) groups excluding carboxylic acids is 1. The van der Waals surface area contributed by atoms with Crippen molar-refractivity contribution in [2.75, 3.05) is 0 Å². The van der Waals surface area contributed by atoms with Crippen LogP contribution in [0, 0.1) is 12.8 Å². The molecule has 0 spiro atoms. The van der Waals surface area contributed by atoms with Gasteiger partial charge in [0.2, 0.25) is 0 Å². The molecule has 0 saturated carbocycles. The van der Waals surface area contributed by atoms with Gasteiger partial charge in [0.15, 0.2) is 0 Å². The van der Waals surface area contributed by atoms with Crippen molar-refractivity contribution in [2.45, 2.75) is 40.2 Å². The molecule has 0 bridgehead atoms. The summed E-state index contributed by atoms with van der Waals surface area (Å²) in [7, 11) is 0. The fourth-order valence-corrected chi connectivity index (χ4v) is 1.52. The second-order valence-electron chi connectivity index (χ2n) is 3.74. The Morgan fingerprint density at radius 3 is 2.93 bits per heavy atom. The molecule has 0 amide bonds. The molecule has 0 saturated heterocycles. The summed E-state index contributed by atoms with van der Waals surface area (Å²) in [4.78, 5) is 10.5. The molecule has 78 valence electrons. The maximum atomic E-state index is 10.5. The van der Waals surface area contributed by atoms with Gasteiger partial charge in [-0.15, -0.1) is 0 Å². The van der Waals surface area contributed by atoms with Gasteiger partial charge in [-0.25, -0.2) is 0 Å². The lowest BCUT2D eigenvalue weighted by Crippen LogP contribution is -2.05. The topological polar surface area (TPSA) is 34.9 Å². The van der Waals surface area contributed by atoms with Crippen molar-refractivity contribution in [3.05, 3.63) is 17.5 Å². The van der Waals surface area contributed by atoms with Crippen LogP contribution in [0.1, 0.15) is 31.7 Å². The average Bonchev–Trinajstić information content (AvgIpc) is 2.55. The second-order valence-corrected chi connectivity index (χ2v) is 3.74. The fraction of sp³-hybridized carbons (Fsp3) is 0.636. The molecule has 1 aromatic rings. The number of aryl methyl sites for hydroxylation is 3. The lowest BCUT2D eigenvalue weighted by molar-refractivity contribution is -0.110. The molecule has 3 heteroatoms. The zero-order valence-electron chi connectivity index (χ0n) is 9.16. The SMILES string of the molecule is CCn1nc(C)cc1CCC(C)C=O. The van der Waals surface area contributed by atoms with Crippen LogP contribution in [0.3, 0.4) is 0 Å². The molecule has 14 heavy (non-hydrogen) atoms. The first-order chi connectivity index (χ1) is 6.67. The van der Waals surface area contributed by atoms with Crippen molar-refractivity contribution in [3.8, 4) is 0 Å². The van der Waals surface area contributed by atoms with E-state index >= 15 is 0 Å². The molecule has 1 heterocycles.